The molecule has 202 valence electrons. The van der Waals surface area contributed by atoms with Crippen LogP contribution in [0.4, 0.5) is 13.9 Å². The number of hydrogen-bond acceptors (Lipinski definition) is 9. The molecule has 3 fully saturated rings. The number of pyridine rings is 2. The van der Waals surface area contributed by atoms with Crippen molar-refractivity contribution in [3.05, 3.63) is 46.5 Å². The second-order valence-electron chi connectivity index (χ2n) is 9.93. The molecule has 3 aromatic rings. The summed E-state index contributed by atoms with van der Waals surface area (Å²) in [5.41, 5.74) is 1.20. The van der Waals surface area contributed by atoms with Gasteiger partial charge in [-0.05, 0) is 42.7 Å². The van der Waals surface area contributed by atoms with E-state index < -0.39 is 18.0 Å². The smallest absolute Gasteiger partial charge is 0.280 e. The molecular formula is C27H26F2N6O3S. The van der Waals surface area contributed by atoms with Crippen molar-refractivity contribution in [2.24, 2.45) is 5.41 Å². The molecule has 9 nitrogen and oxygen atoms in total. The number of nitrogens with one attached hydrogen (secondary N) is 1. The van der Waals surface area contributed by atoms with Crippen molar-refractivity contribution < 1.29 is 23.0 Å². The number of nitrogens with zero attached hydrogens (tertiary/aromatic N) is 5. The van der Waals surface area contributed by atoms with Crippen LogP contribution in [-0.4, -0.2) is 70.9 Å². The Bertz CT molecular complexity index is 1460. The summed E-state index contributed by atoms with van der Waals surface area (Å²) in [5, 5.41) is 12.6. The Balaban J connectivity index is 1.31. The Morgan fingerprint density at radius 2 is 2.05 bits per heavy atom. The zero-order valence-corrected chi connectivity index (χ0v) is 22.1. The van der Waals surface area contributed by atoms with Gasteiger partial charge in [0.2, 0.25) is 5.13 Å². The largest absolute Gasteiger partial charge is 0.494 e. The summed E-state index contributed by atoms with van der Waals surface area (Å²) >= 11 is 1.37. The maximum absolute atomic E-state index is 13.6. The van der Waals surface area contributed by atoms with Crippen molar-refractivity contribution >= 4 is 22.4 Å². The zero-order valence-electron chi connectivity index (χ0n) is 21.2. The number of methoxy groups -OCH3 is 1. The predicted octanol–water partition coefficient (Wildman–Crippen LogP) is 4.14. The Kier molecular flexibility index (Phi) is 6.97. The van der Waals surface area contributed by atoms with E-state index in [1.807, 2.05) is 0 Å². The number of carbonyl (C=O) groups is 1. The average Bonchev–Trinajstić information content (AvgIpc) is 3.84. The van der Waals surface area contributed by atoms with Crippen LogP contribution in [0.2, 0.25) is 0 Å². The van der Waals surface area contributed by atoms with Crippen LogP contribution in [0.25, 0.3) is 11.1 Å². The highest BCUT2D eigenvalue weighted by molar-refractivity contribution is 7.15. The van der Waals surface area contributed by atoms with Crippen molar-refractivity contribution in [2.45, 2.75) is 31.6 Å². The van der Waals surface area contributed by atoms with Crippen LogP contribution in [0.1, 0.15) is 58.4 Å². The van der Waals surface area contributed by atoms with Crippen molar-refractivity contribution in [1.82, 2.24) is 25.1 Å². The monoisotopic (exact) mass is 552 g/mol. The van der Waals surface area contributed by atoms with Crippen LogP contribution >= 0.6 is 11.3 Å². The first-order valence-corrected chi connectivity index (χ1v) is 13.5. The zero-order chi connectivity index (χ0) is 27.0. The number of morpholine rings is 1. The first-order valence-electron chi connectivity index (χ1n) is 12.7. The van der Waals surface area contributed by atoms with Crippen LogP contribution in [0.3, 0.4) is 0 Å². The highest BCUT2D eigenvalue weighted by Crippen LogP contribution is 2.75. The van der Waals surface area contributed by atoms with E-state index in [4.69, 9.17) is 9.47 Å². The van der Waals surface area contributed by atoms with Gasteiger partial charge in [-0.15, -0.1) is 10.2 Å². The average molecular weight is 553 g/mol. The molecule has 2 aliphatic carbocycles. The fourth-order valence-corrected chi connectivity index (χ4v) is 5.86. The highest BCUT2D eigenvalue weighted by atomic mass is 32.1. The molecular weight excluding hydrogens is 526 g/mol. The van der Waals surface area contributed by atoms with Gasteiger partial charge in [0, 0.05) is 36.3 Å². The minimum absolute atomic E-state index is 0.167. The van der Waals surface area contributed by atoms with Gasteiger partial charge in [0.25, 0.3) is 12.3 Å². The number of aromatic nitrogens is 4. The van der Waals surface area contributed by atoms with E-state index in [2.05, 4.69) is 42.2 Å². The van der Waals surface area contributed by atoms with Gasteiger partial charge < -0.3 is 9.47 Å². The highest BCUT2D eigenvalue weighted by Gasteiger charge is 2.64. The van der Waals surface area contributed by atoms with Gasteiger partial charge in [-0.3, -0.25) is 20.0 Å². The Morgan fingerprint density at radius 3 is 2.77 bits per heavy atom. The molecule has 6 rings (SSSR count). The van der Waals surface area contributed by atoms with Crippen molar-refractivity contribution in [3.63, 3.8) is 0 Å². The lowest BCUT2D eigenvalue weighted by Crippen LogP contribution is -2.36. The minimum atomic E-state index is -2.79. The molecule has 12 heteroatoms. The summed E-state index contributed by atoms with van der Waals surface area (Å²) in [6.07, 6.45) is 3.41. The first-order chi connectivity index (χ1) is 19.0. The van der Waals surface area contributed by atoms with Gasteiger partial charge in [-0.1, -0.05) is 17.3 Å². The van der Waals surface area contributed by atoms with E-state index in [-0.39, 0.29) is 16.9 Å². The van der Waals surface area contributed by atoms with Crippen LogP contribution in [0.15, 0.2) is 24.5 Å². The third kappa shape index (κ3) is 5.48. The number of carbonyl (C=O) groups excluding carboxylic acids is 1. The fourth-order valence-electron chi connectivity index (χ4n) is 4.88. The summed E-state index contributed by atoms with van der Waals surface area (Å²) in [4.78, 5) is 23.8. The summed E-state index contributed by atoms with van der Waals surface area (Å²) in [5.74, 6) is 6.33. The van der Waals surface area contributed by atoms with Gasteiger partial charge >= 0.3 is 0 Å². The molecule has 0 radical (unpaired) electrons. The van der Waals surface area contributed by atoms with E-state index in [1.54, 1.807) is 6.07 Å². The quantitative estimate of drug-likeness (QED) is 0.437. The maximum Gasteiger partial charge on any atom is 0.280 e. The number of hydrogen-bond donors (Lipinski definition) is 1. The normalized spacial score (nSPS) is 19.4. The Morgan fingerprint density at radius 1 is 1.23 bits per heavy atom. The molecule has 1 saturated heterocycles. The number of amides is 1. The fraction of sp³-hybridized carbons (Fsp3) is 0.444. The molecule has 2 saturated carbocycles. The minimum Gasteiger partial charge on any atom is -0.494 e. The lowest BCUT2D eigenvalue weighted by atomic mass is 9.99. The van der Waals surface area contributed by atoms with Gasteiger partial charge in [0.05, 0.1) is 38.6 Å². The van der Waals surface area contributed by atoms with Gasteiger partial charge in [0.15, 0.2) is 0 Å². The van der Waals surface area contributed by atoms with Crippen molar-refractivity contribution in [2.75, 3.05) is 45.3 Å². The SMILES string of the molecule is COc1cnc(C(F)F)cc1-c1cc(C#CCN2CCOCC2)ncc1C(=O)Nc1nnc(C2CC23CC3)s1. The Hall–Kier alpha value is -3.53. The molecule has 1 spiro atoms. The second-order valence-corrected chi connectivity index (χ2v) is 10.9. The van der Waals surface area contributed by atoms with E-state index in [0.717, 1.165) is 24.5 Å². The van der Waals surface area contributed by atoms with Crippen molar-refractivity contribution in [3.8, 4) is 28.7 Å². The molecule has 0 aromatic carbocycles. The number of alkyl halides is 2. The molecule has 1 N–H and O–H groups in total. The molecule has 3 aromatic heterocycles. The Labute approximate surface area is 228 Å². The van der Waals surface area contributed by atoms with E-state index >= 15 is 0 Å². The third-order valence-corrected chi connectivity index (χ3v) is 8.39. The molecule has 4 heterocycles. The third-order valence-electron chi connectivity index (χ3n) is 7.43. The van der Waals surface area contributed by atoms with Crippen LogP contribution in [0, 0.1) is 17.3 Å². The molecule has 1 amide bonds. The summed E-state index contributed by atoms with van der Waals surface area (Å²) < 4.78 is 37.9. The second kappa shape index (κ2) is 10.6. The topological polar surface area (TPSA) is 102 Å². The molecule has 39 heavy (non-hydrogen) atoms. The van der Waals surface area contributed by atoms with Gasteiger partial charge in [0.1, 0.15) is 22.1 Å². The van der Waals surface area contributed by atoms with Crippen LogP contribution in [0.5, 0.6) is 5.75 Å². The van der Waals surface area contributed by atoms with Gasteiger partial charge in [-0.2, -0.15) is 0 Å². The van der Waals surface area contributed by atoms with Crippen molar-refractivity contribution in [1.29, 1.82) is 0 Å². The predicted molar refractivity (Wildman–Crippen MR) is 140 cm³/mol. The molecule has 1 unspecified atom stereocenters. The lowest BCUT2D eigenvalue weighted by Gasteiger charge is -2.24. The van der Waals surface area contributed by atoms with Crippen LogP contribution < -0.4 is 10.1 Å². The maximum atomic E-state index is 13.6. The summed E-state index contributed by atoms with van der Waals surface area (Å²) in [7, 11) is 1.42. The standard InChI is InChI=1S/C27H26F2N6O3S/c1-37-22-15-31-21(23(28)29)12-18(22)17-11-16(3-2-6-35-7-9-38-10-8-35)30-14-19(17)24(36)32-26-34-33-25(39-26)20-13-27(20)4-5-27/h11-12,14-15,20,23H,4-10,13H2,1H3,(H,32,34,36). The molecule has 0 bridgehead atoms. The first kappa shape index (κ1) is 25.7. The number of ether oxygens (including phenoxy) is 2. The molecule has 1 atom stereocenters. The number of anilines is 1. The van der Waals surface area contributed by atoms with E-state index in [0.29, 0.717) is 47.5 Å². The number of halogens is 2. The van der Waals surface area contributed by atoms with E-state index in [9.17, 15) is 13.6 Å². The number of rotatable bonds is 7. The lowest BCUT2D eigenvalue weighted by molar-refractivity contribution is 0.0443. The molecule has 3 aliphatic rings. The summed E-state index contributed by atoms with van der Waals surface area (Å²) in [6.45, 7) is 3.47. The van der Waals surface area contributed by atoms with Gasteiger partial charge in [-0.25, -0.2) is 13.8 Å². The molecule has 1 aliphatic heterocycles. The van der Waals surface area contributed by atoms with E-state index in [1.165, 1.54) is 49.7 Å². The summed E-state index contributed by atoms with van der Waals surface area (Å²) in [6, 6.07) is 2.84. The van der Waals surface area contributed by atoms with Crippen LogP contribution in [-0.2, 0) is 4.74 Å².